The largest absolute Gasteiger partial charge is 0.390 e. The van der Waals surface area contributed by atoms with E-state index < -0.39 is 6.10 Å². The van der Waals surface area contributed by atoms with Crippen molar-refractivity contribution in [1.29, 1.82) is 5.41 Å². The number of amidine groups is 1. The first-order chi connectivity index (χ1) is 5.74. The Labute approximate surface area is 71.4 Å². The van der Waals surface area contributed by atoms with E-state index in [-0.39, 0.29) is 12.6 Å². The summed E-state index contributed by atoms with van der Waals surface area (Å²) in [4.78, 5) is 0. The van der Waals surface area contributed by atoms with Gasteiger partial charge in [0.2, 0.25) is 0 Å². The molecule has 1 rings (SSSR count). The Balaban J connectivity index is 2.46. The second-order valence-electron chi connectivity index (χ2n) is 2.86. The number of aliphatic hydroxyl groups excluding tert-OH is 1. The van der Waals surface area contributed by atoms with Gasteiger partial charge in [-0.2, -0.15) is 0 Å². The standard InChI is InChI=1S/C7H15N3O2/c8-3-6(11)5-4-12-2-1-7(9)10-5/h5-6,11H,1-4,8H2,(H2,9,10). The first-order valence-corrected chi connectivity index (χ1v) is 4.04. The lowest BCUT2D eigenvalue weighted by Gasteiger charge is -2.20. The van der Waals surface area contributed by atoms with Crippen molar-refractivity contribution in [1.82, 2.24) is 5.32 Å². The molecule has 0 spiro atoms. The molecule has 0 aliphatic carbocycles. The van der Waals surface area contributed by atoms with Gasteiger partial charge in [0.15, 0.2) is 0 Å². The van der Waals surface area contributed by atoms with Gasteiger partial charge in [0.1, 0.15) is 0 Å². The highest BCUT2D eigenvalue weighted by Crippen LogP contribution is 2.00. The van der Waals surface area contributed by atoms with Crippen LogP contribution < -0.4 is 11.1 Å². The van der Waals surface area contributed by atoms with E-state index in [9.17, 15) is 5.11 Å². The maximum absolute atomic E-state index is 9.36. The van der Waals surface area contributed by atoms with Crippen LogP contribution in [0.5, 0.6) is 0 Å². The van der Waals surface area contributed by atoms with E-state index >= 15 is 0 Å². The molecule has 70 valence electrons. The summed E-state index contributed by atoms with van der Waals surface area (Å²) < 4.78 is 5.18. The van der Waals surface area contributed by atoms with Crippen LogP contribution in [0.15, 0.2) is 0 Å². The molecule has 5 N–H and O–H groups in total. The van der Waals surface area contributed by atoms with E-state index in [1.165, 1.54) is 0 Å². The Morgan fingerprint density at radius 1 is 1.83 bits per heavy atom. The maximum Gasteiger partial charge on any atom is 0.0958 e. The molecule has 0 aromatic heterocycles. The fourth-order valence-electron chi connectivity index (χ4n) is 1.09. The van der Waals surface area contributed by atoms with Crippen molar-refractivity contribution in [2.75, 3.05) is 19.8 Å². The molecular weight excluding hydrogens is 158 g/mol. The molecule has 1 heterocycles. The molecule has 5 nitrogen and oxygen atoms in total. The van der Waals surface area contributed by atoms with Gasteiger partial charge >= 0.3 is 0 Å². The van der Waals surface area contributed by atoms with Crippen molar-refractivity contribution in [3.63, 3.8) is 0 Å². The lowest BCUT2D eigenvalue weighted by atomic mass is 10.1. The average molecular weight is 173 g/mol. The molecule has 0 radical (unpaired) electrons. The molecule has 0 aromatic carbocycles. The summed E-state index contributed by atoms with van der Waals surface area (Å²) in [5.41, 5.74) is 5.28. The number of aliphatic hydroxyl groups is 1. The van der Waals surface area contributed by atoms with Crippen molar-refractivity contribution in [2.24, 2.45) is 5.73 Å². The van der Waals surface area contributed by atoms with Gasteiger partial charge < -0.3 is 20.9 Å². The van der Waals surface area contributed by atoms with Crippen LogP contribution in [0.25, 0.3) is 0 Å². The van der Waals surface area contributed by atoms with E-state index in [4.69, 9.17) is 15.9 Å². The third-order valence-corrected chi connectivity index (χ3v) is 1.86. The van der Waals surface area contributed by atoms with Crippen molar-refractivity contribution >= 4 is 5.84 Å². The molecule has 0 amide bonds. The normalized spacial score (nSPS) is 27.5. The molecule has 1 aliphatic heterocycles. The lowest BCUT2D eigenvalue weighted by Crippen LogP contribution is -2.47. The van der Waals surface area contributed by atoms with Gasteiger partial charge in [-0.1, -0.05) is 0 Å². The van der Waals surface area contributed by atoms with E-state index in [0.717, 1.165) is 0 Å². The van der Waals surface area contributed by atoms with Crippen LogP contribution in [0.2, 0.25) is 0 Å². The minimum Gasteiger partial charge on any atom is -0.390 e. The van der Waals surface area contributed by atoms with Gasteiger partial charge in [0, 0.05) is 13.0 Å². The molecule has 1 aliphatic rings. The molecule has 2 unspecified atom stereocenters. The van der Waals surface area contributed by atoms with Gasteiger partial charge in [-0.3, -0.25) is 5.41 Å². The Kier molecular flexibility index (Phi) is 3.46. The van der Waals surface area contributed by atoms with Crippen LogP contribution >= 0.6 is 0 Å². The second-order valence-corrected chi connectivity index (χ2v) is 2.86. The number of ether oxygens (including phenoxy) is 1. The topological polar surface area (TPSA) is 91.4 Å². The van der Waals surface area contributed by atoms with Crippen molar-refractivity contribution < 1.29 is 9.84 Å². The Morgan fingerprint density at radius 2 is 2.58 bits per heavy atom. The third kappa shape index (κ3) is 2.44. The van der Waals surface area contributed by atoms with Gasteiger partial charge in [0.25, 0.3) is 0 Å². The summed E-state index contributed by atoms with van der Waals surface area (Å²) >= 11 is 0. The minimum atomic E-state index is -0.636. The minimum absolute atomic E-state index is 0.189. The summed E-state index contributed by atoms with van der Waals surface area (Å²) in [6.07, 6.45) is -0.0585. The molecule has 0 bridgehead atoms. The monoisotopic (exact) mass is 173 g/mol. The van der Waals surface area contributed by atoms with Crippen LogP contribution in [0.1, 0.15) is 6.42 Å². The number of nitrogens with one attached hydrogen (secondary N) is 2. The average Bonchev–Trinajstić information content (AvgIpc) is 2.28. The summed E-state index contributed by atoms with van der Waals surface area (Å²) in [6.45, 7) is 1.15. The second kappa shape index (κ2) is 4.39. The number of hydrogen-bond donors (Lipinski definition) is 4. The predicted octanol–water partition coefficient (Wildman–Crippen LogP) is -1.34. The highest BCUT2D eigenvalue weighted by Gasteiger charge is 2.21. The lowest BCUT2D eigenvalue weighted by molar-refractivity contribution is 0.0699. The maximum atomic E-state index is 9.36. The molecule has 5 heteroatoms. The van der Waals surface area contributed by atoms with E-state index in [0.29, 0.717) is 25.5 Å². The van der Waals surface area contributed by atoms with E-state index in [1.807, 2.05) is 0 Å². The van der Waals surface area contributed by atoms with Crippen molar-refractivity contribution in [2.45, 2.75) is 18.6 Å². The summed E-state index contributed by atoms with van der Waals surface area (Å²) in [5.74, 6) is 0.407. The molecule has 12 heavy (non-hydrogen) atoms. The summed E-state index contributed by atoms with van der Waals surface area (Å²) in [6, 6.07) is -0.231. The smallest absolute Gasteiger partial charge is 0.0958 e. The first kappa shape index (κ1) is 9.44. The van der Waals surface area contributed by atoms with Crippen molar-refractivity contribution in [3.8, 4) is 0 Å². The highest BCUT2D eigenvalue weighted by atomic mass is 16.5. The van der Waals surface area contributed by atoms with Crippen LogP contribution in [-0.2, 0) is 4.74 Å². The summed E-state index contributed by atoms with van der Waals surface area (Å²) in [7, 11) is 0. The highest BCUT2D eigenvalue weighted by molar-refractivity contribution is 5.79. The number of hydrogen-bond acceptors (Lipinski definition) is 4. The van der Waals surface area contributed by atoms with Crippen LogP contribution in [0.4, 0.5) is 0 Å². The Bertz CT molecular complexity index is 163. The fourth-order valence-corrected chi connectivity index (χ4v) is 1.09. The van der Waals surface area contributed by atoms with Gasteiger partial charge in [-0.15, -0.1) is 0 Å². The summed E-state index contributed by atoms with van der Waals surface area (Å²) in [5, 5.41) is 19.6. The van der Waals surface area contributed by atoms with Crippen LogP contribution in [-0.4, -0.2) is 42.8 Å². The molecule has 1 fully saturated rings. The number of rotatable bonds is 2. The zero-order valence-electron chi connectivity index (χ0n) is 6.92. The van der Waals surface area contributed by atoms with Crippen LogP contribution in [0.3, 0.4) is 0 Å². The van der Waals surface area contributed by atoms with Gasteiger partial charge in [-0.05, 0) is 0 Å². The van der Waals surface area contributed by atoms with Gasteiger partial charge in [-0.25, -0.2) is 0 Å². The molecule has 0 aromatic rings. The Morgan fingerprint density at radius 3 is 3.25 bits per heavy atom. The van der Waals surface area contributed by atoms with E-state index in [1.54, 1.807) is 0 Å². The SMILES string of the molecule is N=C1CCOCC(C(O)CN)N1. The van der Waals surface area contributed by atoms with Gasteiger partial charge in [0.05, 0.1) is 31.2 Å². The third-order valence-electron chi connectivity index (χ3n) is 1.86. The van der Waals surface area contributed by atoms with E-state index in [2.05, 4.69) is 5.32 Å². The molecular formula is C7H15N3O2. The molecule has 0 saturated carbocycles. The predicted molar refractivity (Wildman–Crippen MR) is 45.1 cm³/mol. The Hall–Kier alpha value is -0.650. The van der Waals surface area contributed by atoms with Crippen LogP contribution in [0, 0.1) is 5.41 Å². The zero-order valence-corrected chi connectivity index (χ0v) is 6.92. The fraction of sp³-hybridized carbons (Fsp3) is 0.857. The number of nitrogens with two attached hydrogens (primary N) is 1. The first-order valence-electron chi connectivity index (χ1n) is 4.04. The zero-order chi connectivity index (χ0) is 8.97. The molecule has 2 atom stereocenters. The molecule has 1 saturated heterocycles. The quantitative estimate of drug-likeness (QED) is 0.416. The van der Waals surface area contributed by atoms with Crippen molar-refractivity contribution in [3.05, 3.63) is 0 Å².